The highest BCUT2D eigenvalue weighted by atomic mass is 16.3. The van der Waals surface area contributed by atoms with E-state index in [1.807, 2.05) is 0 Å². The molecule has 2 nitrogen and oxygen atoms in total. The molecule has 1 fully saturated rings. The van der Waals surface area contributed by atoms with Crippen molar-refractivity contribution in [2.75, 3.05) is 13.2 Å². The van der Waals surface area contributed by atoms with Crippen molar-refractivity contribution in [1.82, 2.24) is 4.90 Å². The van der Waals surface area contributed by atoms with Crippen molar-refractivity contribution in [3.63, 3.8) is 0 Å². The molecule has 1 aromatic rings. The van der Waals surface area contributed by atoms with Crippen LogP contribution in [0.4, 0.5) is 0 Å². The first-order valence-corrected chi connectivity index (χ1v) is 6.74. The zero-order chi connectivity index (χ0) is 12.1. The Morgan fingerprint density at radius 2 is 2.12 bits per heavy atom. The summed E-state index contributed by atoms with van der Waals surface area (Å²) in [4.78, 5) is 2.55. The Bertz CT molecular complexity index is 325. The average Bonchev–Trinajstić information content (AvgIpc) is 2.35. The number of nitrogens with zero attached hydrogens (tertiary/aromatic N) is 1. The van der Waals surface area contributed by atoms with E-state index in [1.54, 1.807) is 0 Å². The maximum absolute atomic E-state index is 9.09. The van der Waals surface area contributed by atoms with Crippen LogP contribution >= 0.6 is 0 Å². The number of aliphatic hydroxyl groups is 1. The Labute approximate surface area is 104 Å². The first-order chi connectivity index (χ1) is 8.35. The molecule has 1 saturated heterocycles. The summed E-state index contributed by atoms with van der Waals surface area (Å²) in [5.41, 5.74) is 1.40. The summed E-state index contributed by atoms with van der Waals surface area (Å²) in [6, 6.07) is 11.4. The van der Waals surface area contributed by atoms with E-state index in [0.717, 1.165) is 13.0 Å². The Morgan fingerprint density at radius 3 is 2.65 bits per heavy atom. The predicted molar refractivity (Wildman–Crippen MR) is 70.7 cm³/mol. The maximum Gasteiger partial charge on any atom is 0.0434 e. The Hall–Kier alpha value is -0.860. The zero-order valence-corrected chi connectivity index (χ0v) is 10.7. The van der Waals surface area contributed by atoms with Gasteiger partial charge in [-0.05, 0) is 24.3 Å². The molecule has 1 aliphatic heterocycles. The number of likely N-dealkylation sites (tertiary alicyclic amines) is 1. The van der Waals surface area contributed by atoms with Gasteiger partial charge in [0.15, 0.2) is 0 Å². The number of hydrogen-bond acceptors (Lipinski definition) is 2. The molecular formula is C15H23NO. The van der Waals surface area contributed by atoms with Crippen LogP contribution in [0.1, 0.15) is 31.7 Å². The molecule has 0 aliphatic carbocycles. The lowest BCUT2D eigenvalue weighted by molar-refractivity contribution is 0.0260. The van der Waals surface area contributed by atoms with Crippen LogP contribution in [0.25, 0.3) is 0 Å². The van der Waals surface area contributed by atoms with E-state index in [4.69, 9.17) is 5.11 Å². The van der Waals surface area contributed by atoms with Gasteiger partial charge in [-0.1, -0.05) is 43.7 Å². The zero-order valence-electron chi connectivity index (χ0n) is 10.7. The minimum Gasteiger partial charge on any atom is -0.396 e. The van der Waals surface area contributed by atoms with Crippen molar-refractivity contribution in [1.29, 1.82) is 0 Å². The van der Waals surface area contributed by atoms with Crippen LogP contribution in [0.3, 0.4) is 0 Å². The smallest absolute Gasteiger partial charge is 0.0434 e. The van der Waals surface area contributed by atoms with Gasteiger partial charge in [-0.25, -0.2) is 0 Å². The van der Waals surface area contributed by atoms with Gasteiger partial charge in [0.1, 0.15) is 0 Å². The van der Waals surface area contributed by atoms with Crippen LogP contribution in [0.15, 0.2) is 30.3 Å². The Balaban J connectivity index is 1.90. The Kier molecular flexibility index (Phi) is 4.57. The van der Waals surface area contributed by atoms with Gasteiger partial charge < -0.3 is 5.11 Å². The molecule has 0 amide bonds. The molecule has 0 bridgehead atoms. The second kappa shape index (κ2) is 6.18. The molecule has 0 spiro atoms. The Morgan fingerprint density at radius 1 is 1.35 bits per heavy atom. The third-order valence-corrected chi connectivity index (χ3v) is 3.98. The first-order valence-electron chi connectivity index (χ1n) is 6.74. The van der Waals surface area contributed by atoms with Gasteiger partial charge in [0.2, 0.25) is 0 Å². The fourth-order valence-electron chi connectivity index (χ4n) is 2.84. The number of rotatable bonds is 6. The van der Waals surface area contributed by atoms with Crippen molar-refractivity contribution in [2.24, 2.45) is 5.92 Å². The fraction of sp³-hybridized carbons (Fsp3) is 0.600. The van der Waals surface area contributed by atoms with Gasteiger partial charge in [-0.3, -0.25) is 4.90 Å². The van der Waals surface area contributed by atoms with E-state index in [2.05, 4.69) is 42.2 Å². The second-order valence-electron chi connectivity index (χ2n) is 4.99. The molecule has 0 radical (unpaired) electrons. The summed E-state index contributed by atoms with van der Waals surface area (Å²) in [5.74, 6) is 0.664. The average molecular weight is 233 g/mol. The largest absolute Gasteiger partial charge is 0.396 e. The standard InChI is InChI=1S/C15H23NO/c1-2-14(9-11-17)15-8-10-16(15)12-13-6-4-3-5-7-13/h3-7,14-15,17H,2,8-12H2,1H3. The quantitative estimate of drug-likeness (QED) is 0.816. The highest BCUT2D eigenvalue weighted by molar-refractivity contribution is 5.15. The summed E-state index contributed by atoms with van der Waals surface area (Å²) >= 11 is 0. The van der Waals surface area contributed by atoms with Gasteiger partial charge in [0, 0.05) is 25.7 Å². The SMILES string of the molecule is CCC(CCO)C1CCN1Cc1ccccc1. The van der Waals surface area contributed by atoms with E-state index in [-0.39, 0.29) is 0 Å². The predicted octanol–water partition coefficient (Wildman–Crippen LogP) is 2.67. The lowest BCUT2D eigenvalue weighted by atomic mass is 9.85. The molecule has 2 rings (SSSR count). The van der Waals surface area contributed by atoms with Crippen LogP contribution in [0.2, 0.25) is 0 Å². The van der Waals surface area contributed by atoms with E-state index in [0.29, 0.717) is 18.6 Å². The third-order valence-electron chi connectivity index (χ3n) is 3.98. The molecule has 2 atom stereocenters. The van der Waals surface area contributed by atoms with Gasteiger partial charge in [0.05, 0.1) is 0 Å². The summed E-state index contributed by atoms with van der Waals surface area (Å²) in [6.07, 6.45) is 3.42. The molecule has 17 heavy (non-hydrogen) atoms. The summed E-state index contributed by atoms with van der Waals surface area (Å²) in [5, 5.41) is 9.09. The highest BCUT2D eigenvalue weighted by Crippen LogP contribution is 2.30. The molecule has 2 heteroatoms. The molecule has 0 saturated carbocycles. The first kappa shape index (κ1) is 12.6. The van der Waals surface area contributed by atoms with Crippen LogP contribution in [-0.4, -0.2) is 29.2 Å². The monoisotopic (exact) mass is 233 g/mol. The molecule has 1 heterocycles. The summed E-state index contributed by atoms with van der Waals surface area (Å²) < 4.78 is 0. The van der Waals surface area contributed by atoms with Crippen molar-refractivity contribution >= 4 is 0 Å². The van der Waals surface area contributed by atoms with E-state index >= 15 is 0 Å². The highest BCUT2D eigenvalue weighted by Gasteiger charge is 2.33. The summed E-state index contributed by atoms with van der Waals surface area (Å²) in [7, 11) is 0. The van der Waals surface area contributed by atoms with Crippen LogP contribution in [0.5, 0.6) is 0 Å². The number of hydrogen-bond donors (Lipinski definition) is 1. The van der Waals surface area contributed by atoms with Crippen LogP contribution in [0, 0.1) is 5.92 Å². The van der Waals surface area contributed by atoms with E-state index in [1.165, 1.54) is 24.9 Å². The fourth-order valence-corrected chi connectivity index (χ4v) is 2.84. The molecule has 94 valence electrons. The van der Waals surface area contributed by atoms with E-state index < -0.39 is 0 Å². The van der Waals surface area contributed by atoms with Crippen molar-refractivity contribution in [3.8, 4) is 0 Å². The molecule has 0 aromatic heterocycles. The van der Waals surface area contributed by atoms with Crippen molar-refractivity contribution < 1.29 is 5.11 Å². The topological polar surface area (TPSA) is 23.5 Å². The van der Waals surface area contributed by atoms with Gasteiger partial charge in [-0.15, -0.1) is 0 Å². The normalized spacial score (nSPS) is 22.1. The second-order valence-corrected chi connectivity index (χ2v) is 4.99. The van der Waals surface area contributed by atoms with Crippen LogP contribution in [-0.2, 0) is 6.54 Å². The van der Waals surface area contributed by atoms with E-state index in [9.17, 15) is 0 Å². The lowest BCUT2D eigenvalue weighted by Gasteiger charge is -2.45. The van der Waals surface area contributed by atoms with Gasteiger partial charge in [-0.2, -0.15) is 0 Å². The van der Waals surface area contributed by atoms with Gasteiger partial charge in [0.25, 0.3) is 0 Å². The molecule has 1 aromatic carbocycles. The number of aliphatic hydroxyl groups excluding tert-OH is 1. The third kappa shape index (κ3) is 3.08. The van der Waals surface area contributed by atoms with Crippen LogP contribution < -0.4 is 0 Å². The van der Waals surface area contributed by atoms with Crippen molar-refractivity contribution in [3.05, 3.63) is 35.9 Å². The minimum atomic E-state index is 0.328. The number of benzene rings is 1. The van der Waals surface area contributed by atoms with Gasteiger partial charge >= 0.3 is 0 Å². The summed E-state index contributed by atoms with van der Waals surface area (Å²) in [6.45, 7) is 4.84. The molecular weight excluding hydrogens is 210 g/mol. The maximum atomic E-state index is 9.09. The lowest BCUT2D eigenvalue weighted by Crippen LogP contribution is -2.51. The molecule has 1 N–H and O–H groups in total. The molecule has 2 unspecified atom stereocenters. The molecule has 1 aliphatic rings. The van der Waals surface area contributed by atoms with Crippen molar-refractivity contribution in [2.45, 2.75) is 38.8 Å². The minimum absolute atomic E-state index is 0.328.